The zero-order chi connectivity index (χ0) is 22.9. The number of rotatable bonds is 15. The summed E-state index contributed by atoms with van der Waals surface area (Å²) in [5.74, 6) is 0. The van der Waals surface area contributed by atoms with Crippen LogP contribution in [0.15, 0.2) is 54.6 Å². The zero-order valence-corrected chi connectivity index (χ0v) is 21.0. The second-order valence-electron chi connectivity index (χ2n) is 10.2. The number of unbranched alkanes of at least 4 members (excludes halogenated alkanes) is 9. The van der Waals surface area contributed by atoms with Gasteiger partial charge in [-0.3, -0.25) is 0 Å². The van der Waals surface area contributed by atoms with Gasteiger partial charge in [-0.2, -0.15) is 0 Å². The summed E-state index contributed by atoms with van der Waals surface area (Å²) in [4.78, 5) is 2.54. The van der Waals surface area contributed by atoms with Crippen LogP contribution in [0, 0.1) is 0 Å². The lowest BCUT2D eigenvalue weighted by atomic mass is 9.91. The molecule has 33 heavy (non-hydrogen) atoms. The van der Waals surface area contributed by atoms with Gasteiger partial charge in [0.05, 0.1) is 0 Å². The molecule has 0 aromatic heterocycles. The van der Waals surface area contributed by atoms with Gasteiger partial charge in [0.15, 0.2) is 0 Å². The highest BCUT2D eigenvalue weighted by Gasteiger charge is 2.10. The highest BCUT2D eigenvalue weighted by atomic mass is 15.1. The molecular weight excluding hydrogens is 398 g/mol. The third kappa shape index (κ3) is 6.27. The fourth-order valence-corrected chi connectivity index (χ4v) is 5.53. The fraction of sp³-hybridized carbons (Fsp3) is 0.500. The smallest absolute Gasteiger partial charge is 0.00186 e. The molecule has 4 rings (SSSR count). The number of benzene rings is 4. The number of aryl methyl sites for hydroxylation is 1. The van der Waals surface area contributed by atoms with E-state index < -0.39 is 0 Å². The third-order valence-electron chi connectivity index (χ3n) is 7.50. The van der Waals surface area contributed by atoms with Crippen LogP contribution in [0.25, 0.3) is 32.3 Å². The van der Waals surface area contributed by atoms with Crippen LogP contribution >= 0.6 is 0 Å². The lowest BCUT2D eigenvalue weighted by Crippen LogP contribution is -2.21. The van der Waals surface area contributed by atoms with E-state index in [1.54, 1.807) is 0 Å². The second kappa shape index (κ2) is 12.4. The Kier molecular flexibility index (Phi) is 9.01. The second-order valence-corrected chi connectivity index (χ2v) is 10.2. The molecule has 0 aliphatic heterocycles. The minimum atomic E-state index is 1.16. The van der Waals surface area contributed by atoms with E-state index >= 15 is 0 Å². The first-order chi connectivity index (χ1) is 16.3. The van der Waals surface area contributed by atoms with Gasteiger partial charge in [0.1, 0.15) is 0 Å². The number of hydrogen-bond acceptors (Lipinski definition) is 1. The fourth-order valence-electron chi connectivity index (χ4n) is 5.53. The molecule has 0 radical (unpaired) electrons. The van der Waals surface area contributed by atoms with Gasteiger partial charge in [0.25, 0.3) is 0 Å². The molecule has 0 saturated carbocycles. The summed E-state index contributed by atoms with van der Waals surface area (Å²) in [6, 6.07) is 20.6. The quantitative estimate of drug-likeness (QED) is 0.131. The van der Waals surface area contributed by atoms with Crippen LogP contribution < -0.4 is 0 Å². The number of nitrogens with zero attached hydrogens (tertiary/aromatic N) is 1. The van der Waals surface area contributed by atoms with E-state index in [-0.39, 0.29) is 0 Å². The SMILES string of the molecule is CCCCCCCCCCCCN(C)CCCc1ccc2ccc3cccc4ccc1c2c34. The first-order valence-corrected chi connectivity index (χ1v) is 13.6. The van der Waals surface area contributed by atoms with Gasteiger partial charge in [-0.15, -0.1) is 0 Å². The van der Waals surface area contributed by atoms with Crippen LogP contribution in [0.4, 0.5) is 0 Å². The maximum atomic E-state index is 2.54. The minimum Gasteiger partial charge on any atom is -0.306 e. The molecule has 0 aliphatic carbocycles. The first-order valence-electron chi connectivity index (χ1n) is 13.6. The highest BCUT2D eigenvalue weighted by Crippen LogP contribution is 2.36. The molecule has 0 bridgehead atoms. The molecule has 0 unspecified atom stereocenters. The normalized spacial score (nSPS) is 12.1. The Morgan fingerprint density at radius 1 is 0.545 bits per heavy atom. The van der Waals surface area contributed by atoms with Crippen molar-refractivity contribution in [3.05, 3.63) is 60.2 Å². The van der Waals surface area contributed by atoms with Crippen molar-refractivity contribution in [1.82, 2.24) is 4.90 Å². The van der Waals surface area contributed by atoms with Gasteiger partial charge < -0.3 is 4.90 Å². The van der Waals surface area contributed by atoms with Crippen molar-refractivity contribution in [2.75, 3.05) is 20.1 Å². The van der Waals surface area contributed by atoms with Crippen molar-refractivity contribution in [2.45, 2.75) is 84.0 Å². The number of hydrogen-bond donors (Lipinski definition) is 0. The van der Waals surface area contributed by atoms with Gasteiger partial charge in [-0.05, 0) is 77.3 Å². The summed E-state index contributed by atoms with van der Waals surface area (Å²) < 4.78 is 0. The summed E-state index contributed by atoms with van der Waals surface area (Å²) in [6.07, 6.45) is 16.6. The monoisotopic (exact) mass is 441 g/mol. The van der Waals surface area contributed by atoms with Gasteiger partial charge >= 0.3 is 0 Å². The Bertz CT molecular complexity index is 1100. The maximum absolute atomic E-state index is 2.54. The van der Waals surface area contributed by atoms with Crippen molar-refractivity contribution in [3.8, 4) is 0 Å². The molecule has 0 atom stereocenters. The molecule has 176 valence electrons. The summed E-state index contributed by atoms with van der Waals surface area (Å²) in [5, 5.41) is 8.44. The Labute approximate surface area is 201 Å². The van der Waals surface area contributed by atoms with Crippen LogP contribution in [0.1, 0.15) is 83.1 Å². The van der Waals surface area contributed by atoms with E-state index in [0.717, 1.165) is 6.42 Å². The molecule has 0 saturated heterocycles. The summed E-state index contributed by atoms with van der Waals surface area (Å²) in [5.41, 5.74) is 1.51. The lowest BCUT2D eigenvalue weighted by molar-refractivity contribution is 0.319. The Morgan fingerprint density at radius 2 is 1.09 bits per heavy atom. The standard InChI is InChI=1S/C32H43N/c1-3-4-5-6-7-8-9-10-11-12-24-33(2)25-14-17-26-18-19-29-21-20-27-15-13-16-28-22-23-30(26)32(29)31(27)28/h13,15-16,18-23H,3-12,14,17,24-25H2,1-2H3. The highest BCUT2D eigenvalue weighted by molar-refractivity contribution is 6.23. The molecular formula is C32H43N. The molecule has 0 spiro atoms. The molecule has 0 fully saturated rings. The predicted molar refractivity (Wildman–Crippen MR) is 148 cm³/mol. The first kappa shape index (κ1) is 24.0. The molecule has 4 aromatic rings. The van der Waals surface area contributed by atoms with Gasteiger partial charge in [0, 0.05) is 0 Å². The summed E-state index contributed by atoms with van der Waals surface area (Å²) in [7, 11) is 2.30. The van der Waals surface area contributed by atoms with Crippen molar-refractivity contribution in [1.29, 1.82) is 0 Å². The van der Waals surface area contributed by atoms with Crippen LogP contribution in [0.5, 0.6) is 0 Å². The van der Waals surface area contributed by atoms with Crippen LogP contribution in [0.3, 0.4) is 0 Å². The molecule has 1 heteroatoms. The largest absolute Gasteiger partial charge is 0.306 e. The summed E-state index contributed by atoms with van der Waals surface area (Å²) in [6.45, 7) is 4.73. The van der Waals surface area contributed by atoms with Crippen molar-refractivity contribution in [2.24, 2.45) is 0 Å². The molecule has 4 aromatic carbocycles. The lowest BCUT2D eigenvalue weighted by Gasteiger charge is -2.17. The van der Waals surface area contributed by atoms with Crippen LogP contribution in [-0.2, 0) is 6.42 Å². The van der Waals surface area contributed by atoms with E-state index in [4.69, 9.17) is 0 Å². The maximum Gasteiger partial charge on any atom is -0.00186 e. The predicted octanol–water partition coefficient (Wildman–Crippen LogP) is 9.37. The zero-order valence-electron chi connectivity index (χ0n) is 21.0. The van der Waals surface area contributed by atoms with Crippen molar-refractivity contribution < 1.29 is 0 Å². The topological polar surface area (TPSA) is 3.24 Å². The van der Waals surface area contributed by atoms with E-state index in [1.807, 2.05) is 0 Å². The van der Waals surface area contributed by atoms with Crippen LogP contribution in [-0.4, -0.2) is 25.0 Å². The molecule has 0 aliphatic rings. The molecule has 1 nitrogen and oxygen atoms in total. The Hall–Kier alpha value is -2.12. The molecule has 0 N–H and O–H groups in total. The van der Waals surface area contributed by atoms with Crippen molar-refractivity contribution >= 4 is 32.3 Å². The molecule has 0 heterocycles. The Balaban J connectivity index is 1.20. The van der Waals surface area contributed by atoms with Crippen molar-refractivity contribution in [3.63, 3.8) is 0 Å². The van der Waals surface area contributed by atoms with Gasteiger partial charge in [0.2, 0.25) is 0 Å². The molecule has 0 amide bonds. The average molecular weight is 442 g/mol. The third-order valence-corrected chi connectivity index (χ3v) is 7.50. The van der Waals surface area contributed by atoms with Crippen LogP contribution in [0.2, 0.25) is 0 Å². The van der Waals surface area contributed by atoms with Gasteiger partial charge in [-0.1, -0.05) is 119 Å². The van der Waals surface area contributed by atoms with E-state index in [0.29, 0.717) is 0 Å². The summed E-state index contributed by atoms with van der Waals surface area (Å²) >= 11 is 0. The van der Waals surface area contributed by atoms with E-state index in [2.05, 4.69) is 73.5 Å². The minimum absolute atomic E-state index is 1.16. The van der Waals surface area contributed by atoms with E-state index in [9.17, 15) is 0 Å². The van der Waals surface area contributed by atoms with Gasteiger partial charge in [-0.25, -0.2) is 0 Å². The Morgan fingerprint density at radius 3 is 1.79 bits per heavy atom. The van der Waals surface area contributed by atoms with E-state index in [1.165, 1.54) is 122 Å². The average Bonchev–Trinajstić information content (AvgIpc) is 2.84.